The molecule has 2 saturated heterocycles. The van der Waals surface area contributed by atoms with Gasteiger partial charge < -0.3 is 44.7 Å². The minimum Gasteiger partial charge on any atom is -0.462 e. The first kappa shape index (κ1) is 59.8. The second kappa shape index (κ2) is 33.2. The van der Waals surface area contributed by atoms with Crippen LogP contribution >= 0.6 is 15.6 Å². The number of phosphoric acid groups is 2. The van der Waals surface area contributed by atoms with Crippen molar-refractivity contribution in [2.75, 3.05) is 25.6 Å². The fourth-order valence-corrected chi connectivity index (χ4v) is 9.99. The average molecular weight is 1010 g/mol. The molecule has 3 heterocycles. The number of carbonyl (C=O) groups is 2. The zero-order chi connectivity index (χ0) is 49.8. The zero-order valence-electron chi connectivity index (χ0n) is 40.8. The minimum atomic E-state index is -5.43. The highest BCUT2D eigenvalue weighted by molar-refractivity contribution is 7.61. The predicted molar refractivity (Wildman–Crippen MR) is 256 cm³/mol. The van der Waals surface area contributed by atoms with Gasteiger partial charge in [0, 0.05) is 19.0 Å². The van der Waals surface area contributed by atoms with E-state index in [1.54, 1.807) is 0 Å². The minimum absolute atomic E-state index is 0.0470. The van der Waals surface area contributed by atoms with Gasteiger partial charge in [-0.05, 0) is 50.5 Å². The van der Waals surface area contributed by atoms with Crippen LogP contribution in [0, 0.1) is 5.92 Å². The van der Waals surface area contributed by atoms with Crippen molar-refractivity contribution in [3.8, 4) is 0 Å². The molecule has 6 N–H and O–H groups in total. The van der Waals surface area contributed by atoms with Crippen molar-refractivity contribution in [2.45, 2.75) is 224 Å². The first-order valence-corrected chi connectivity index (χ1v) is 28.2. The summed E-state index contributed by atoms with van der Waals surface area (Å²) in [7, 11) is -10.8. The lowest BCUT2D eigenvalue weighted by atomic mass is 9.99. The van der Waals surface area contributed by atoms with Gasteiger partial charge >= 0.3 is 33.3 Å². The van der Waals surface area contributed by atoms with Crippen LogP contribution in [0.25, 0.3) is 0 Å². The molecule has 5 unspecified atom stereocenters. The van der Waals surface area contributed by atoms with E-state index >= 15 is 0 Å². The Bertz CT molecular complexity index is 1770. The van der Waals surface area contributed by atoms with Crippen LogP contribution in [-0.2, 0) is 51.0 Å². The molecule has 0 aromatic carbocycles. The smallest absolute Gasteiger partial charge is 0.462 e. The molecule has 3 rings (SSSR count). The van der Waals surface area contributed by atoms with Crippen LogP contribution in [0.2, 0.25) is 0 Å². The standard InChI is InChI=1S/C47H83N3O16P2/c1-4-6-7-8-17-22-27-38-39(64-38)28-23-18-15-20-24-29-42(51)60-33-37(63-43(52)30-25-19-14-12-10-9-11-13-16-21-26-36(3)5-2)34-61-67(56,57)66-68(58,59)62-35-40-44(53)45(54)46(65-40)50-32-31-41(48)49-47(50)55/h17,22,31-32,36-40,44-46,53-54H,4-16,18-21,23-30,33-35H2,1-3H3,(H,56,57)(H,58,59)(H2,48,49,55)/b22-17-/t36?,37-,38?,39?,40-,44-,45-,46-/m1/s1. The number of phosphoric ester groups is 2. The van der Waals surface area contributed by atoms with E-state index < -0.39 is 83.7 Å². The average Bonchev–Trinajstić information content (AvgIpc) is 3.98. The van der Waals surface area contributed by atoms with Gasteiger partial charge in [-0.1, -0.05) is 142 Å². The molecule has 0 amide bonds. The van der Waals surface area contributed by atoms with E-state index in [-0.39, 0.29) is 18.7 Å². The van der Waals surface area contributed by atoms with Crippen molar-refractivity contribution in [1.29, 1.82) is 0 Å². The molecule has 2 aliphatic heterocycles. The molecule has 0 bridgehead atoms. The van der Waals surface area contributed by atoms with Crippen molar-refractivity contribution < 1.29 is 71.0 Å². The van der Waals surface area contributed by atoms with Crippen LogP contribution in [0.15, 0.2) is 29.2 Å². The molecule has 2 aliphatic rings. The number of nitrogens with zero attached hydrogens (tertiary/aromatic N) is 2. The Labute approximate surface area is 403 Å². The summed E-state index contributed by atoms with van der Waals surface area (Å²) >= 11 is 0. The van der Waals surface area contributed by atoms with E-state index in [0.717, 1.165) is 87.3 Å². The molecule has 2 fully saturated rings. The Balaban J connectivity index is 1.40. The number of aromatic nitrogens is 2. The number of epoxide rings is 1. The van der Waals surface area contributed by atoms with Crippen molar-refractivity contribution in [2.24, 2.45) is 5.92 Å². The van der Waals surface area contributed by atoms with Gasteiger partial charge in [-0.2, -0.15) is 9.29 Å². The molecule has 1 aromatic rings. The lowest BCUT2D eigenvalue weighted by Crippen LogP contribution is -2.36. The fourth-order valence-electron chi connectivity index (χ4n) is 7.88. The van der Waals surface area contributed by atoms with E-state index in [0.29, 0.717) is 25.0 Å². The quantitative estimate of drug-likeness (QED) is 0.0135. The third-order valence-electron chi connectivity index (χ3n) is 12.3. The molecule has 68 heavy (non-hydrogen) atoms. The topological polar surface area (TPSA) is 278 Å². The van der Waals surface area contributed by atoms with Gasteiger partial charge in [0.1, 0.15) is 30.7 Å². The summed E-state index contributed by atoms with van der Waals surface area (Å²) in [6.45, 7) is 4.42. The van der Waals surface area contributed by atoms with Crippen LogP contribution in [0.4, 0.5) is 5.82 Å². The van der Waals surface area contributed by atoms with Gasteiger partial charge in [0.25, 0.3) is 0 Å². The van der Waals surface area contributed by atoms with E-state index in [4.69, 9.17) is 33.7 Å². The summed E-state index contributed by atoms with van der Waals surface area (Å²) in [4.78, 5) is 61.9. The van der Waals surface area contributed by atoms with Crippen LogP contribution in [0.1, 0.15) is 188 Å². The Morgan fingerprint density at radius 3 is 2.04 bits per heavy atom. The molecule has 1 aromatic heterocycles. The summed E-state index contributed by atoms with van der Waals surface area (Å²) in [5.74, 6) is -0.516. The number of anilines is 1. The number of hydrogen-bond acceptors (Lipinski definition) is 16. The number of aliphatic hydroxyl groups is 2. The van der Waals surface area contributed by atoms with Crippen LogP contribution in [0.5, 0.6) is 0 Å². The number of hydrogen-bond donors (Lipinski definition) is 5. The van der Waals surface area contributed by atoms with Gasteiger partial charge in [0.05, 0.1) is 25.4 Å². The normalized spacial score (nSPS) is 23.0. The molecule has 0 aliphatic carbocycles. The highest BCUT2D eigenvalue weighted by atomic mass is 31.3. The molecule has 0 saturated carbocycles. The van der Waals surface area contributed by atoms with Crippen molar-refractivity contribution >= 4 is 33.4 Å². The summed E-state index contributed by atoms with van der Waals surface area (Å²) in [5, 5.41) is 20.9. The maximum atomic E-state index is 12.9. The first-order valence-electron chi connectivity index (χ1n) is 25.2. The second-order valence-electron chi connectivity index (χ2n) is 18.3. The predicted octanol–water partition coefficient (Wildman–Crippen LogP) is 8.90. The summed E-state index contributed by atoms with van der Waals surface area (Å²) < 4.78 is 62.6. The largest absolute Gasteiger partial charge is 0.481 e. The number of nitrogens with two attached hydrogens (primary N) is 1. The van der Waals surface area contributed by atoms with E-state index in [1.165, 1.54) is 70.3 Å². The fraction of sp³-hybridized carbons (Fsp3) is 0.830. The molecule has 0 spiro atoms. The molecule has 21 heteroatoms. The van der Waals surface area contributed by atoms with E-state index in [1.807, 2.05) is 0 Å². The Morgan fingerprint density at radius 1 is 0.779 bits per heavy atom. The molecule has 19 nitrogen and oxygen atoms in total. The summed E-state index contributed by atoms with van der Waals surface area (Å²) in [6, 6.07) is 1.25. The van der Waals surface area contributed by atoms with Gasteiger partial charge in [-0.3, -0.25) is 23.2 Å². The van der Waals surface area contributed by atoms with Crippen LogP contribution in [0.3, 0.4) is 0 Å². The Kier molecular flexibility index (Phi) is 29.2. The molecule has 392 valence electrons. The van der Waals surface area contributed by atoms with Crippen molar-refractivity contribution in [3.63, 3.8) is 0 Å². The number of carbonyl (C=O) groups excluding carboxylic acids is 2. The number of unbranched alkanes of at least 4 members (excludes halogenated alkanes) is 16. The molecular weight excluding hydrogens is 924 g/mol. The number of aliphatic hydroxyl groups excluding tert-OH is 2. The Hall–Kier alpha value is -2.54. The lowest BCUT2D eigenvalue weighted by molar-refractivity contribution is -0.161. The monoisotopic (exact) mass is 1010 g/mol. The highest BCUT2D eigenvalue weighted by Crippen LogP contribution is 2.60. The maximum Gasteiger partial charge on any atom is 0.481 e. The number of esters is 2. The third kappa shape index (κ3) is 25.5. The number of nitrogen functional groups attached to an aromatic ring is 1. The highest BCUT2D eigenvalue weighted by Gasteiger charge is 2.46. The number of allylic oxidation sites excluding steroid dienone is 1. The third-order valence-corrected chi connectivity index (χ3v) is 14.9. The number of rotatable bonds is 40. The second-order valence-corrected chi connectivity index (χ2v) is 21.3. The molecular formula is C47H83N3O16P2. The van der Waals surface area contributed by atoms with Gasteiger partial charge in [-0.25, -0.2) is 13.9 Å². The van der Waals surface area contributed by atoms with E-state index in [2.05, 4.69) is 42.2 Å². The number of ether oxygens (including phenoxy) is 4. The summed E-state index contributed by atoms with van der Waals surface area (Å²) in [5.41, 5.74) is 4.59. The Morgan fingerprint density at radius 2 is 1.40 bits per heavy atom. The maximum absolute atomic E-state index is 12.9. The van der Waals surface area contributed by atoms with Gasteiger partial charge in [0.2, 0.25) is 0 Å². The molecule has 0 radical (unpaired) electrons. The van der Waals surface area contributed by atoms with Gasteiger partial charge in [-0.15, -0.1) is 0 Å². The van der Waals surface area contributed by atoms with Crippen molar-refractivity contribution in [1.82, 2.24) is 9.55 Å². The van der Waals surface area contributed by atoms with E-state index in [9.17, 15) is 43.5 Å². The zero-order valence-corrected chi connectivity index (χ0v) is 42.6. The van der Waals surface area contributed by atoms with Crippen LogP contribution in [-0.4, -0.2) is 97.9 Å². The lowest BCUT2D eigenvalue weighted by Gasteiger charge is -2.21. The van der Waals surface area contributed by atoms with Crippen LogP contribution < -0.4 is 11.4 Å². The van der Waals surface area contributed by atoms with Gasteiger partial charge in [0.15, 0.2) is 12.3 Å². The molecule has 10 atom stereocenters. The first-order chi connectivity index (χ1) is 32.5. The van der Waals surface area contributed by atoms with Crippen molar-refractivity contribution in [3.05, 3.63) is 34.9 Å². The summed E-state index contributed by atoms with van der Waals surface area (Å²) in [6.07, 6.45) is 23.1. The SMILES string of the molecule is CCCCC/C=C\CC1OC1CCCCCCCC(=O)OC[C@H](COP(=O)(O)OP(=O)(O)OC[C@H]1O[C@@H](n2ccc(N)nc2=O)[C@H](O)[C@@H]1O)OC(=O)CCCCCCCCCCCCC(C)CC.